The number of H-pyrrole nitrogens is 1. The van der Waals surface area contributed by atoms with Crippen LogP contribution in [0.25, 0.3) is 0 Å². The van der Waals surface area contributed by atoms with Crippen molar-refractivity contribution < 1.29 is 18.7 Å². The number of ether oxygens (including phenoxy) is 1. The molecule has 0 aliphatic rings. The summed E-state index contributed by atoms with van der Waals surface area (Å²) >= 11 is 0. The Morgan fingerprint density at radius 2 is 2.10 bits per heavy atom. The third-order valence-electron chi connectivity index (χ3n) is 2.56. The van der Waals surface area contributed by atoms with Crippen LogP contribution in [0, 0.1) is 5.82 Å². The average Bonchev–Trinajstić information content (AvgIpc) is 2.92. The van der Waals surface area contributed by atoms with Crippen molar-refractivity contribution in [1.29, 1.82) is 0 Å². The SMILES string of the molecule is C[C@H](OC(=O)c1ccc[nH]1)C(=O)Nc1cccc(F)c1. The summed E-state index contributed by atoms with van der Waals surface area (Å²) in [5.74, 6) is -1.62. The zero-order valence-corrected chi connectivity index (χ0v) is 10.7. The van der Waals surface area contributed by atoms with Crippen molar-refractivity contribution in [3.63, 3.8) is 0 Å². The second-order valence-electron chi connectivity index (χ2n) is 4.13. The second kappa shape index (κ2) is 6.01. The number of hydrogen-bond acceptors (Lipinski definition) is 3. The van der Waals surface area contributed by atoms with Crippen LogP contribution < -0.4 is 5.32 Å². The predicted molar refractivity (Wildman–Crippen MR) is 70.7 cm³/mol. The standard InChI is InChI=1S/C14H13FN2O3/c1-9(20-14(19)12-6-3-7-16-12)13(18)17-11-5-2-4-10(15)8-11/h2-9,16H,1H3,(H,17,18)/t9-/m0/s1. The summed E-state index contributed by atoms with van der Waals surface area (Å²) in [5, 5.41) is 2.47. The first-order valence-electron chi connectivity index (χ1n) is 5.97. The summed E-state index contributed by atoms with van der Waals surface area (Å²) in [6.07, 6.45) is 0.586. The number of rotatable bonds is 4. The van der Waals surface area contributed by atoms with Crippen LogP contribution in [0.4, 0.5) is 10.1 Å². The van der Waals surface area contributed by atoms with Gasteiger partial charge in [0, 0.05) is 11.9 Å². The normalized spacial score (nSPS) is 11.7. The number of esters is 1. The maximum Gasteiger partial charge on any atom is 0.355 e. The van der Waals surface area contributed by atoms with E-state index in [9.17, 15) is 14.0 Å². The fourth-order valence-electron chi connectivity index (χ4n) is 1.54. The molecule has 1 aromatic carbocycles. The Morgan fingerprint density at radius 3 is 2.75 bits per heavy atom. The lowest BCUT2D eigenvalue weighted by molar-refractivity contribution is -0.123. The van der Waals surface area contributed by atoms with Crippen LogP contribution in [0.2, 0.25) is 0 Å². The number of halogens is 1. The smallest absolute Gasteiger partial charge is 0.355 e. The minimum absolute atomic E-state index is 0.260. The molecule has 0 aliphatic heterocycles. The predicted octanol–water partition coefficient (Wildman–Crippen LogP) is 2.34. The maximum absolute atomic E-state index is 13.0. The maximum atomic E-state index is 13.0. The molecular formula is C14H13FN2O3. The quantitative estimate of drug-likeness (QED) is 0.842. The fourth-order valence-corrected chi connectivity index (χ4v) is 1.54. The molecule has 6 heteroatoms. The number of aromatic nitrogens is 1. The molecule has 0 fully saturated rings. The molecule has 0 saturated heterocycles. The number of anilines is 1. The molecule has 2 rings (SSSR count). The lowest BCUT2D eigenvalue weighted by Crippen LogP contribution is -2.30. The number of aromatic amines is 1. The first-order valence-corrected chi connectivity index (χ1v) is 5.97. The van der Waals surface area contributed by atoms with Gasteiger partial charge in [0.2, 0.25) is 0 Å². The number of benzene rings is 1. The van der Waals surface area contributed by atoms with Crippen molar-refractivity contribution in [1.82, 2.24) is 4.98 Å². The van der Waals surface area contributed by atoms with Gasteiger partial charge in [0.15, 0.2) is 6.10 Å². The fraction of sp³-hybridized carbons (Fsp3) is 0.143. The lowest BCUT2D eigenvalue weighted by atomic mass is 10.3. The molecule has 20 heavy (non-hydrogen) atoms. The molecule has 1 heterocycles. The van der Waals surface area contributed by atoms with Crippen molar-refractivity contribution in [3.8, 4) is 0 Å². The molecule has 1 amide bonds. The third-order valence-corrected chi connectivity index (χ3v) is 2.56. The van der Waals surface area contributed by atoms with Crippen LogP contribution in [0.5, 0.6) is 0 Å². The monoisotopic (exact) mass is 276 g/mol. The van der Waals surface area contributed by atoms with E-state index >= 15 is 0 Å². The summed E-state index contributed by atoms with van der Waals surface area (Å²) in [5.41, 5.74) is 0.563. The summed E-state index contributed by atoms with van der Waals surface area (Å²) < 4.78 is 18.0. The van der Waals surface area contributed by atoms with E-state index in [1.54, 1.807) is 24.4 Å². The van der Waals surface area contributed by atoms with E-state index in [0.717, 1.165) is 0 Å². The topological polar surface area (TPSA) is 71.2 Å². The average molecular weight is 276 g/mol. The first kappa shape index (κ1) is 13.8. The van der Waals surface area contributed by atoms with Gasteiger partial charge in [-0.25, -0.2) is 9.18 Å². The minimum atomic E-state index is -0.992. The Labute approximate surface area is 114 Å². The summed E-state index contributed by atoms with van der Waals surface area (Å²) in [6, 6.07) is 8.65. The molecule has 1 aromatic heterocycles. The minimum Gasteiger partial charge on any atom is -0.448 e. The van der Waals surface area contributed by atoms with Crippen LogP contribution in [0.3, 0.4) is 0 Å². The van der Waals surface area contributed by atoms with Gasteiger partial charge in [-0.3, -0.25) is 4.79 Å². The Kier molecular flexibility index (Phi) is 4.14. The van der Waals surface area contributed by atoms with Gasteiger partial charge < -0.3 is 15.0 Å². The number of carbonyl (C=O) groups is 2. The van der Waals surface area contributed by atoms with E-state index in [-0.39, 0.29) is 5.69 Å². The highest BCUT2D eigenvalue weighted by Gasteiger charge is 2.19. The first-order chi connectivity index (χ1) is 9.56. The van der Waals surface area contributed by atoms with Crippen molar-refractivity contribution >= 4 is 17.6 Å². The summed E-state index contributed by atoms with van der Waals surface area (Å²) in [7, 11) is 0. The molecule has 2 aromatic rings. The Balaban J connectivity index is 1.94. The van der Waals surface area contributed by atoms with Gasteiger partial charge in [-0.2, -0.15) is 0 Å². The third kappa shape index (κ3) is 3.44. The molecule has 0 bridgehead atoms. The highest BCUT2D eigenvalue weighted by molar-refractivity contribution is 5.96. The lowest BCUT2D eigenvalue weighted by Gasteiger charge is -2.13. The van der Waals surface area contributed by atoms with E-state index in [0.29, 0.717) is 5.69 Å². The Morgan fingerprint density at radius 1 is 1.30 bits per heavy atom. The molecule has 2 N–H and O–H groups in total. The molecule has 0 radical (unpaired) electrons. The molecule has 1 atom stereocenters. The number of nitrogens with one attached hydrogen (secondary N) is 2. The Hall–Kier alpha value is -2.63. The molecule has 0 unspecified atom stereocenters. The number of hydrogen-bond donors (Lipinski definition) is 2. The van der Waals surface area contributed by atoms with E-state index < -0.39 is 23.8 Å². The second-order valence-corrected chi connectivity index (χ2v) is 4.13. The van der Waals surface area contributed by atoms with Crippen LogP contribution in [-0.4, -0.2) is 23.0 Å². The van der Waals surface area contributed by atoms with Crippen LogP contribution in [-0.2, 0) is 9.53 Å². The van der Waals surface area contributed by atoms with E-state index in [1.807, 2.05) is 0 Å². The molecule has 5 nitrogen and oxygen atoms in total. The van der Waals surface area contributed by atoms with Gasteiger partial charge in [-0.15, -0.1) is 0 Å². The van der Waals surface area contributed by atoms with Crippen molar-refractivity contribution in [2.45, 2.75) is 13.0 Å². The van der Waals surface area contributed by atoms with Gasteiger partial charge in [0.25, 0.3) is 5.91 Å². The molecule has 0 aliphatic carbocycles. The van der Waals surface area contributed by atoms with Gasteiger partial charge in [-0.05, 0) is 37.3 Å². The van der Waals surface area contributed by atoms with E-state index in [2.05, 4.69) is 10.3 Å². The van der Waals surface area contributed by atoms with Gasteiger partial charge >= 0.3 is 5.97 Å². The van der Waals surface area contributed by atoms with Crippen LogP contribution in [0.15, 0.2) is 42.6 Å². The van der Waals surface area contributed by atoms with Gasteiger partial charge in [0.05, 0.1) is 0 Å². The highest BCUT2D eigenvalue weighted by Crippen LogP contribution is 2.10. The van der Waals surface area contributed by atoms with E-state index in [1.165, 1.54) is 25.1 Å². The number of carbonyl (C=O) groups excluding carboxylic acids is 2. The van der Waals surface area contributed by atoms with E-state index in [4.69, 9.17) is 4.74 Å². The van der Waals surface area contributed by atoms with Gasteiger partial charge in [-0.1, -0.05) is 6.07 Å². The van der Waals surface area contributed by atoms with Crippen LogP contribution in [0.1, 0.15) is 17.4 Å². The Bertz CT molecular complexity index is 611. The van der Waals surface area contributed by atoms with Crippen molar-refractivity contribution in [2.75, 3.05) is 5.32 Å². The zero-order valence-electron chi connectivity index (χ0n) is 10.7. The number of amides is 1. The zero-order chi connectivity index (χ0) is 14.5. The van der Waals surface area contributed by atoms with Gasteiger partial charge in [0.1, 0.15) is 11.5 Å². The summed E-state index contributed by atoms with van der Waals surface area (Å²) in [6.45, 7) is 1.44. The molecule has 0 spiro atoms. The van der Waals surface area contributed by atoms with Crippen molar-refractivity contribution in [2.24, 2.45) is 0 Å². The summed E-state index contributed by atoms with van der Waals surface area (Å²) in [4.78, 5) is 26.1. The van der Waals surface area contributed by atoms with Crippen molar-refractivity contribution in [3.05, 3.63) is 54.1 Å². The highest BCUT2D eigenvalue weighted by atomic mass is 19.1. The molecular weight excluding hydrogens is 263 g/mol. The van der Waals surface area contributed by atoms with Crippen LogP contribution >= 0.6 is 0 Å². The molecule has 104 valence electrons. The molecule has 0 saturated carbocycles. The largest absolute Gasteiger partial charge is 0.448 e.